The van der Waals surface area contributed by atoms with Crippen molar-refractivity contribution >= 4 is 11.6 Å². The molecule has 0 bridgehead atoms. The van der Waals surface area contributed by atoms with E-state index < -0.39 is 0 Å². The van der Waals surface area contributed by atoms with Gasteiger partial charge in [-0.25, -0.2) is 4.98 Å². The van der Waals surface area contributed by atoms with E-state index in [0.717, 1.165) is 17.7 Å². The third-order valence-corrected chi connectivity index (χ3v) is 3.51. The molecule has 0 amide bonds. The van der Waals surface area contributed by atoms with Crippen molar-refractivity contribution in [3.05, 3.63) is 46.4 Å². The van der Waals surface area contributed by atoms with Gasteiger partial charge in [0.25, 0.3) is 0 Å². The number of halogens is 1. The lowest BCUT2D eigenvalue weighted by molar-refractivity contribution is 0.202. The number of ether oxygens (including phenoxy) is 2. The molecule has 5 heteroatoms. The number of methoxy groups -OCH3 is 1. The van der Waals surface area contributed by atoms with E-state index in [0.29, 0.717) is 29.9 Å². The van der Waals surface area contributed by atoms with E-state index in [1.54, 1.807) is 7.11 Å². The van der Waals surface area contributed by atoms with E-state index in [-0.39, 0.29) is 0 Å². The van der Waals surface area contributed by atoms with Crippen LogP contribution in [0, 0.1) is 6.92 Å². The standard InChI is InChI=1S/C16H19ClN2O2/c1-4-14-18-15(17)11(2)16(19-14)21-13-7-5-12(6-8-13)9-10-20-3/h5-8H,4,9-10H2,1-3H3. The number of hydrogen-bond donors (Lipinski definition) is 0. The summed E-state index contributed by atoms with van der Waals surface area (Å²) in [4.78, 5) is 8.58. The quantitative estimate of drug-likeness (QED) is 0.757. The molecule has 1 heterocycles. The van der Waals surface area contributed by atoms with Gasteiger partial charge in [-0.2, -0.15) is 4.98 Å². The lowest BCUT2D eigenvalue weighted by Gasteiger charge is -2.10. The second-order valence-electron chi connectivity index (χ2n) is 4.70. The molecule has 0 radical (unpaired) electrons. The highest BCUT2D eigenvalue weighted by molar-refractivity contribution is 6.30. The van der Waals surface area contributed by atoms with Gasteiger partial charge in [0.05, 0.1) is 6.61 Å². The smallest absolute Gasteiger partial charge is 0.226 e. The molecule has 1 aromatic heterocycles. The summed E-state index contributed by atoms with van der Waals surface area (Å²) in [5.74, 6) is 1.92. The highest BCUT2D eigenvalue weighted by Crippen LogP contribution is 2.27. The lowest BCUT2D eigenvalue weighted by atomic mass is 10.1. The monoisotopic (exact) mass is 306 g/mol. The number of aromatic nitrogens is 2. The van der Waals surface area contributed by atoms with Crippen LogP contribution < -0.4 is 4.74 Å². The normalized spacial score (nSPS) is 10.7. The van der Waals surface area contributed by atoms with E-state index in [4.69, 9.17) is 21.1 Å². The second-order valence-corrected chi connectivity index (χ2v) is 5.06. The molecule has 0 spiro atoms. The van der Waals surface area contributed by atoms with Gasteiger partial charge >= 0.3 is 0 Å². The zero-order valence-corrected chi connectivity index (χ0v) is 13.3. The predicted octanol–water partition coefficient (Wildman–Crippen LogP) is 3.98. The number of nitrogens with zero attached hydrogens (tertiary/aromatic N) is 2. The molecule has 0 saturated heterocycles. The fourth-order valence-corrected chi connectivity index (χ4v) is 2.00. The molecule has 0 fully saturated rings. The minimum Gasteiger partial charge on any atom is -0.439 e. The van der Waals surface area contributed by atoms with Gasteiger partial charge in [0.15, 0.2) is 0 Å². The summed E-state index contributed by atoms with van der Waals surface area (Å²) in [6, 6.07) is 7.89. The third-order valence-electron chi connectivity index (χ3n) is 3.14. The SMILES string of the molecule is CCc1nc(Cl)c(C)c(Oc2ccc(CCOC)cc2)n1. The maximum absolute atomic E-state index is 6.10. The van der Waals surface area contributed by atoms with Crippen LogP contribution in [0.5, 0.6) is 11.6 Å². The molecule has 4 nitrogen and oxygen atoms in total. The summed E-state index contributed by atoms with van der Waals surface area (Å²) < 4.78 is 10.9. The van der Waals surface area contributed by atoms with Gasteiger partial charge in [-0.3, -0.25) is 0 Å². The van der Waals surface area contributed by atoms with Crippen molar-refractivity contribution in [3.63, 3.8) is 0 Å². The Kier molecular flexibility index (Phi) is 5.53. The van der Waals surface area contributed by atoms with Gasteiger partial charge < -0.3 is 9.47 Å². The Morgan fingerprint density at radius 1 is 1.14 bits per heavy atom. The van der Waals surface area contributed by atoms with Crippen LogP contribution in [0.1, 0.15) is 23.9 Å². The molecule has 0 aliphatic rings. The zero-order valence-electron chi connectivity index (χ0n) is 12.5. The van der Waals surface area contributed by atoms with Crippen molar-refractivity contribution in [1.82, 2.24) is 9.97 Å². The van der Waals surface area contributed by atoms with E-state index in [9.17, 15) is 0 Å². The predicted molar refractivity (Wildman–Crippen MR) is 83.3 cm³/mol. The van der Waals surface area contributed by atoms with Crippen LogP contribution in [0.2, 0.25) is 5.15 Å². The summed E-state index contributed by atoms with van der Waals surface area (Å²) in [6.45, 7) is 4.54. The molecule has 0 aliphatic carbocycles. The maximum atomic E-state index is 6.10. The first-order valence-electron chi connectivity index (χ1n) is 6.92. The Morgan fingerprint density at radius 3 is 2.48 bits per heavy atom. The molecule has 0 saturated carbocycles. The van der Waals surface area contributed by atoms with Crippen molar-refractivity contribution < 1.29 is 9.47 Å². The minimum absolute atomic E-state index is 0.438. The summed E-state index contributed by atoms with van der Waals surface area (Å²) in [7, 11) is 1.70. The highest BCUT2D eigenvalue weighted by atomic mass is 35.5. The van der Waals surface area contributed by atoms with Gasteiger partial charge in [-0.1, -0.05) is 30.7 Å². The van der Waals surface area contributed by atoms with Crippen molar-refractivity contribution in [2.24, 2.45) is 0 Å². The molecule has 21 heavy (non-hydrogen) atoms. The molecule has 0 unspecified atom stereocenters. The molecular formula is C16H19ClN2O2. The molecule has 2 rings (SSSR count). The molecule has 1 aromatic carbocycles. The van der Waals surface area contributed by atoms with E-state index >= 15 is 0 Å². The Labute approximate surface area is 130 Å². The second kappa shape index (κ2) is 7.38. The number of aryl methyl sites for hydroxylation is 1. The zero-order chi connectivity index (χ0) is 15.2. The highest BCUT2D eigenvalue weighted by Gasteiger charge is 2.10. The summed E-state index contributed by atoms with van der Waals surface area (Å²) in [6.07, 6.45) is 1.60. The van der Waals surface area contributed by atoms with Crippen LogP contribution in [0.4, 0.5) is 0 Å². The van der Waals surface area contributed by atoms with Crippen LogP contribution in [0.25, 0.3) is 0 Å². The molecule has 112 valence electrons. The van der Waals surface area contributed by atoms with Crippen molar-refractivity contribution in [2.75, 3.05) is 13.7 Å². The van der Waals surface area contributed by atoms with Crippen LogP contribution in [-0.4, -0.2) is 23.7 Å². The van der Waals surface area contributed by atoms with Crippen molar-refractivity contribution in [2.45, 2.75) is 26.7 Å². The van der Waals surface area contributed by atoms with E-state index in [2.05, 4.69) is 9.97 Å². The van der Waals surface area contributed by atoms with Gasteiger partial charge in [-0.05, 0) is 31.0 Å². The van der Waals surface area contributed by atoms with Crippen molar-refractivity contribution in [3.8, 4) is 11.6 Å². The fourth-order valence-electron chi connectivity index (χ4n) is 1.82. The van der Waals surface area contributed by atoms with Crippen LogP contribution in [0.3, 0.4) is 0 Å². The van der Waals surface area contributed by atoms with Crippen LogP contribution >= 0.6 is 11.6 Å². The van der Waals surface area contributed by atoms with Gasteiger partial charge in [0, 0.05) is 19.1 Å². The Hall–Kier alpha value is -1.65. The van der Waals surface area contributed by atoms with E-state index in [1.807, 2.05) is 38.1 Å². The van der Waals surface area contributed by atoms with Crippen LogP contribution in [0.15, 0.2) is 24.3 Å². The van der Waals surface area contributed by atoms with Crippen LogP contribution in [-0.2, 0) is 17.6 Å². The van der Waals surface area contributed by atoms with Gasteiger partial charge in [0.1, 0.15) is 16.7 Å². The van der Waals surface area contributed by atoms with E-state index in [1.165, 1.54) is 5.56 Å². The summed E-state index contributed by atoms with van der Waals surface area (Å²) in [5.41, 5.74) is 1.95. The lowest BCUT2D eigenvalue weighted by Crippen LogP contribution is -2.00. The topological polar surface area (TPSA) is 44.2 Å². The molecule has 2 aromatic rings. The number of rotatable bonds is 6. The molecule has 0 atom stereocenters. The fraction of sp³-hybridized carbons (Fsp3) is 0.375. The first-order valence-corrected chi connectivity index (χ1v) is 7.30. The first-order chi connectivity index (χ1) is 10.1. The third kappa shape index (κ3) is 4.16. The molecule has 0 aliphatic heterocycles. The number of benzene rings is 1. The van der Waals surface area contributed by atoms with Gasteiger partial charge in [-0.15, -0.1) is 0 Å². The first kappa shape index (κ1) is 15.7. The minimum atomic E-state index is 0.438. The Morgan fingerprint density at radius 2 is 1.86 bits per heavy atom. The largest absolute Gasteiger partial charge is 0.439 e. The Balaban J connectivity index is 2.16. The average Bonchev–Trinajstić information content (AvgIpc) is 2.50. The molecule has 0 N–H and O–H groups in total. The van der Waals surface area contributed by atoms with Crippen molar-refractivity contribution in [1.29, 1.82) is 0 Å². The molecular weight excluding hydrogens is 288 g/mol. The summed E-state index contributed by atoms with van der Waals surface area (Å²) >= 11 is 6.10. The maximum Gasteiger partial charge on any atom is 0.226 e. The Bertz CT molecular complexity index is 600. The summed E-state index contributed by atoms with van der Waals surface area (Å²) in [5, 5.41) is 0.438. The van der Waals surface area contributed by atoms with Gasteiger partial charge in [0.2, 0.25) is 5.88 Å². The average molecular weight is 307 g/mol. The number of hydrogen-bond acceptors (Lipinski definition) is 4.